The number of amides is 1. The van der Waals surface area contributed by atoms with Crippen LogP contribution in [0.3, 0.4) is 0 Å². The van der Waals surface area contributed by atoms with Crippen molar-refractivity contribution in [3.8, 4) is 0 Å². The van der Waals surface area contributed by atoms with Gasteiger partial charge in [0.25, 0.3) is 0 Å². The van der Waals surface area contributed by atoms with Crippen LogP contribution in [0.25, 0.3) is 0 Å². The van der Waals surface area contributed by atoms with Crippen molar-refractivity contribution in [2.75, 3.05) is 38.1 Å². The third kappa shape index (κ3) is 5.61. The first-order valence-corrected chi connectivity index (χ1v) is 7.49. The maximum absolute atomic E-state index is 11.6. The van der Waals surface area contributed by atoms with Crippen molar-refractivity contribution in [2.24, 2.45) is 5.92 Å². The Morgan fingerprint density at radius 1 is 1.30 bits per heavy atom. The molecule has 2 rings (SSSR count). The zero-order valence-corrected chi connectivity index (χ0v) is 12.3. The normalized spacial score (nSPS) is 14.1. The van der Waals surface area contributed by atoms with E-state index in [2.05, 4.69) is 34.7 Å². The third-order valence-electron chi connectivity index (χ3n) is 3.60. The first kappa shape index (κ1) is 14.9. The maximum atomic E-state index is 11.6. The number of para-hydroxylation sites is 1. The predicted octanol–water partition coefficient (Wildman–Crippen LogP) is 1.63. The molecule has 0 saturated heterocycles. The molecule has 1 saturated carbocycles. The quantitative estimate of drug-likeness (QED) is 0.673. The molecule has 0 spiro atoms. The summed E-state index contributed by atoms with van der Waals surface area (Å²) in [5.41, 5.74) is 1.21. The molecule has 1 aromatic carbocycles. The Kier molecular flexibility index (Phi) is 5.87. The molecule has 0 heterocycles. The van der Waals surface area contributed by atoms with E-state index in [1.165, 1.54) is 18.5 Å². The summed E-state index contributed by atoms with van der Waals surface area (Å²) in [6, 6.07) is 10.3. The van der Waals surface area contributed by atoms with E-state index in [4.69, 9.17) is 0 Å². The van der Waals surface area contributed by atoms with Gasteiger partial charge in [0.2, 0.25) is 5.91 Å². The molecule has 1 fully saturated rings. The van der Waals surface area contributed by atoms with Gasteiger partial charge in [0.05, 0.1) is 6.54 Å². The largest absolute Gasteiger partial charge is 0.375 e. The fourth-order valence-corrected chi connectivity index (χ4v) is 2.13. The fourth-order valence-electron chi connectivity index (χ4n) is 2.13. The van der Waals surface area contributed by atoms with Gasteiger partial charge in [-0.05, 0) is 43.9 Å². The van der Waals surface area contributed by atoms with Crippen LogP contribution in [0, 0.1) is 5.92 Å². The van der Waals surface area contributed by atoms with Crippen molar-refractivity contribution in [2.45, 2.75) is 19.3 Å². The van der Waals surface area contributed by atoms with Crippen molar-refractivity contribution in [3.05, 3.63) is 30.3 Å². The van der Waals surface area contributed by atoms with Crippen LogP contribution in [0.1, 0.15) is 19.3 Å². The van der Waals surface area contributed by atoms with Gasteiger partial charge in [-0.2, -0.15) is 0 Å². The summed E-state index contributed by atoms with van der Waals surface area (Å²) in [5, 5.41) is 6.16. The van der Waals surface area contributed by atoms with Crippen molar-refractivity contribution in [3.63, 3.8) is 0 Å². The van der Waals surface area contributed by atoms with Crippen LogP contribution in [-0.2, 0) is 4.79 Å². The van der Waals surface area contributed by atoms with Gasteiger partial charge in [-0.25, -0.2) is 0 Å². The third-order valence-corrected chi connectivity index (χ3v) is 3.60. The van der Waals surface area contributed by atoms with Gasteiger partial charge < -0.3 is 15.5 Å². The van der Waals surface area contributed by atoms with Gasteiger partial charge in [0.15, 0.2) is 0 Å². The Morgan fingerprint density at radius 3 is 2.75 bits per heavy atom. The highest BCUT2D eigenvalue weighted by molar-refractivity contribution is 5.77. The molecule has 2 N–H and O–H groups in total. The topological polar surface area (TPSA) is 44.4 Å². The molecule has 0 unspecified atom stereocenters. The fraction of sp³-hybridized carbons (Fsp3) is 0.562. The molecule has 110 valence electrons. The molecule has 4 heteroatoms. The lowest BCUT2D eigenvalue weighted by Gasteiger charge is -2.19. The molecule has 1 aromatic rings. The number of hydrogen-bond acceptors (Lipinski definition) is 3. The minimum Gasteiger partial charge on any atom is -0.375 e. The van der Waals surface area contributed by atoms with Crippen LogP contribution in [0.4, 0.5) is 5.69 Å². The van der Waals surface area contributed by atoms with Crippen LogP contribution >= 0.6 is 0 Å². The van der Waals surface area contributed by atoms with Crippen LogP contribution < -0.4 is 15.5 Å². The summed E-state index contributed by atoms with van der Waals surface area (Å²) in [5.74, 6) is 0.926. The molecular formula is C16H25N3O. The molecule has 0 atom stereocenters. The first-order valence-electron chi connectivity index (χ1n) is 7.49. The van der Waals surface area contributed by atoms with Crippen LogP contribution in [-0.4, -0.2) is 39.1 Å². The zero-order valence-electron chi connectivity index (χ0n) is 12.3. The highest BCUT2D eigenvalue weighted by Crippen LogP contribution is 2.27. The number of benzene rings is 1. The molecule has 1 amide bonds. The Hall–Kier alpha value is -1.55. The van der Waals surface area contributed by atoms with E-state index in [1.807, 2.05) is 18.2 Å². The zero-order chi connectivity index (χ0) is 14.2. The number of carbonyl (C=O) groups excluding carboxylic acids is 1. The Labute approximate surface area is 121 Å². The lowest BCUT2D eigenvalue weighted by atomic mass is 10.3. The second-order valence-electron chi connectivity index (χ2n) is 5.53. The second-order valence-corrected chi connectivity index (χ2v) is 5.53. The van der Waals surface area contributed by atoms with Gasteiger partial charge >= 0.3 is 0 Å². The average molecular weight is 275 g/mol. The Balaban J connectivity index is 1.50. The SMILES string of the molecule is CN(CCCNC(=O)CNCC1CC1)c1ccccc1. The maximum Gasteiger partial charge on any atom is 0.233 e. The molecule has 1 aliphatic rings. The second kappa shape index (κ2) is 7.90. The summed E-state index contributed by atoms with van der Waals surface area (Å²) in [6.07, 6.45) is 3.60. The summed E-state index contributed by atoms with van der Waals surface area (Å²) >= 11 is 0. The van der Waals surface area contributed by atoms with Crippen LogP contribution in [0.5, 0.6) is 0 Å². The van der Waals surface area contributed by atoms with Gasteiger partial charge in [-0.3, -0.25) is 4.79 Å². The Bertz CT molecular complexity index is 403. The number of carbonyl (C=O) groups is 1. The molecule has 1 aliphatic carbocycles. The number of rotatable bonds is 9. The minimum atomic E-state index is 0.105. The number of nitrogens with zero attached hydrogens (tertiary/aromatic N) is 1. The smallest absolute Gasteiger partial charge is 0.233 e. The molecule has 20 heavy (non-hydrogen) atoms. The van der Waals surface area contributed by atoms with Crippen molar-refractivity contribution in [1.82, 2.24) is 10.6 Å². The summed E-state index contributed by atoms with van der Waals surface area (Å²) in [4.78, 5) is 13.8. The van der Waals surface area contributed by atoms with E-state index >= 15 is 0 Å². The number of anilines is 1. The first-order chi connectivity index (χ1) is 9.75. The number of nitrogens with one attached hydrogen (secondary N) is 2. The molecule has 4 nitrogen and oxygen atoms in total. The predicted molar refractivity (Wildman–Crippen MR) is 82.9 cm³/mol. The van der Waals surface area contributed by atoms with E-state index in [0.717, 1.165) is 32.0 Å². The summed E-state index contributed by atoms with van der Waals surface area (Å²) in [6.45, 7) is 3.12. The van der Waals surface area contributed by atoms with E-state index < -0.39 is 0 Å². The van der Waals surface area contributed by atoms with Crippen LogP contribution in [0.2, 0.25) is 0 Å². The lowest BCUT2D eigenvalue weighted by Crippen LogP contribution is -2.36. The molecular weight excluding hydrogens is 250 g/mol. The highest BCUT2D eigenvalue weighted by atomic mass is 16.1. The summed E-state index contributed by atoms with van der Waals surface area (Å²) in [7, 11) is 2.08. The van der Waals surface area contributed by atoms with Crippen molar-refractivity contribution in [1.29, 1.82) is 0 Å². The van der Waals surface area contributed by atoms with E-state index in [-0.39, 0.29) is 5.91 Å². The van der Waals surface area contributed by atoms with Gasteiger partial charge in [0.1, 0.15) is 0 Å². The van der Waals surface area contributed by atoms with E-state index in [9.17, 15) is 4.79 Å². The van der Waals surface area contributed by atoms with Gasteiger partial charge in [-0.1, -0.05) is 18.2 Å². The van der Waals surface area contributed by atoms with E-state index in [1.54, 1.807) is 0 Å². The van der Waals surface area contributed by atoms with E-state index in [0.29, 0.717) is 6.54 Å². The monoisotopic (exact) mass is 275 g/mol. The molecule has 0 bridgehead atoms. The molecule has 0 radical (unpaired) electrons. The van der Waals surface area contributed by atoms with Crippen LogP contribution in [0.15, 0.2) is 30.3 Å². The van der Waals surface area contributed by atoms with Gasteiger partial charge in [-0.15, -0.1) is 0 Å². The Morgan fingerprint density at radius 2 is 2.05 bits per heavy atom. The standard InChI is InChI=1S/C16H25N3O/c1-19(15-6-3-2-4-7-15)11-5-10-18-16(20)13-17-12-14-8-9-14/h2-4,6-7,14,17H,5,8-13H2,1H3,(H,18,20). The number of hydrogen-bond donors (Lipinski definition) is 2. The highest BCUT2D eigenvalue weighted by Gasteiger charge is 2.20. The van der Waals surface area contributed by atoms with Crippen molar-refractivity contribution >= 4 is 11.6 Å². The average Bonchev–Trinajstić information content (AvgIpc) is 3.28. The molecule has 0 aliphatic heterocycles. The van der Waals surface area contributed by atoms with Crippen molar-refractivity contribution < 1.29 is 4.79 Å². The lowest BCUT2D eigenvalue weighted by molar-refractivity contribution is -0.120. The summed E-state index contributed by atoms with van der Waals surface area (Å²) < 4.78 is 0. The molecule has 0 aromatic heterocycles. The minimum absolute atomic E-state index is 0.105. The van der Waals surface area contributed by atoms with Gasteiger partial charge in [0, 0.05) is 25.8 Å².